The average Bonchev–Trinajstić information content (AvgIpc) is 2.34. The van der Waals surface area contributed by atoms with Crippen LogP contribution in [0.4, 0.5) is 5.69 Å². The minimum Gasteiger partial charge on any atom is -0.306 e. The summed E-state index contributed by atoms with van der Waals surface area (Å²) in [6, 6.07) is 0. The summed E-state index contributed by atoms with van der Waals surface area (Å²) >= 11 is 5.53. The third-order valence-corrected chi connectivity index (χ3v) is 1.15. The van der Waals surface area contributed by atoms with Crippen LogP contribution < -0.4 is 0 Å². The first-order valence-electron chi connectivity index (χ1n) is 2.98. The molecular formula is C6H7ClN4. The van der Waals surface area contributed by atoms with Gasteiger partial charge in [0, 0.05) is 6.21 Å². The number of aromatic amines is 1. The Hall–Kier alpha value is -1.16. The lowest BCUT2D eigenvalue weighted by atomic mass is 10.4. The zero-order valence-corrected chi connectivity index (χ0v) is 6.68. The Labute approximate surface area is 68.8 Å². The highest BCUT2D eigenvalue weighted by atomic mass is 35.5. The molecule has 0 aliphatic rings. The van der Waals surface area contributed by atoms with E-state index in [1.165, 1.54) is 6.20 Å². The van der Waals surface area contributed by atoms with Crippen molar-refractivity contribution in [2.24, 2.45) is 4.99 Å². The van der Waals surface area contributed by atoms with Gasteiger partial charge in [0.25, 0.3) is 0 Å². The molecule has 11 heavy (non-hydrogen) atoms. The molecular weight excluding hydrogens is 164 g/mol. The van der Waals surface area contributed by atoms with Gasteiger partial charge < -0.3 is 5.41 Å². The number of nitrogens with one attached hydrogen (secondary N) is 2. The largest absolute Gasteiger partial charge is 0.306 e. The van der Waals surface area contributed by atoms with Gasteiger partial charge in [0.05, 0.1) is 6.20 Å². The van der Waals surface area contributed by atoms with Crippen LogP contribution in [0.25, 0.3) is 0 Å². The van der Waals surface area contributed by atoms with Crippen LogP contribution in [0.5, 0.6) is 0 Å². The number of rotatable bonds is 2. The van der Waals surface area contributed by atoms with Crippen molar-refractivity contribution in [1.82, 2.24) is 10.2 Å². The van der Waals surface area contributed by atoms with Crippen molar-refractivity contribution < 1.29 is 0 Å². The minimum absolute atomic E-state index is 0.425. The molecule has 1 aromatic rings. The van der Waals surface area contributed by atoms with E-state index in [0.29, 0.717) is 16.6 Å². The molecule has 0 unspecified atom stereocenters. The summed E-state index contributed by atoms with van der Waals surface area (Å²) in [4.78, 5) is 3.93. The maximum atomic E-state index is 6.94. The smallest absolute Gasteiger partial charge is 0.111 e. The summed E-state index contributed by atoms with van der Waals surface area (Å²) < 4.78 is 0. The molecule has 0 aliphatic heterocycles. The van der Waals surface area contributed by atoms with Gasteiger partial charge in [-0.2, -0.15) is 5.10 Å². The van der Waals surface area contributed by atoms with Crippen molar-refractivity contribution in [3.8, 4) is 0 Å². The Morgan fingerprint density at radius 2 is 2.64 bits per heavy atom. The van der Waals surface area contributed by atoms with Crippen molar-refractivity contribution in [1.29, 1.82) is 5.41 Å². The Morgan fingerprint density at radius 3 is 3.18 bits per heavy atom. The predicted octanol–water partition coefficient (Wildman–Crippen LogP) is 1.70. The monoisotopic (exact) mass is 170 g/mol. The van der Waals surface area contributed by atoms with Crippen LogP contribution >= 0.6 is 11.6 Å². The number of nitrogens with zero attached hydrogens (tertiary/aromatic N) is 2. The van der Waals surface area contributed by atoms with Gasteiger partial charge in [0.1, 0.15) is 16.6 Å². The molecule has 0 fully saturated rings. The third kappa shape index (κ3) is 1.88. The second-order valence-corrected chi connectivity index (χ2v) is 2.47. The third-order valence-electron chi connectivity index (χ3n) is 1.07. The molecule has 0 amide bonds. The summed E-state index contributed by atoms with van der Waals surface area (Å²) in [5.41, 5.74) is 1.15. The molecule has 5 heteroatoms. The fraction of sp³-hybridized carbons (Fsp3) is 0.167. The highest BCUT2D eigenvalue weighted by Gasteiger charge is 1.98. The van der Waals surface area contributed by atoms with E-state index in [-0.39, 0.29) is 0 Å². The van der Waals surface area contributed by atoms with Gasteiger partial charge in [-0.3, -0.25) is 5.10 Å². The van der Waals surface area contributed by atoms with Gasteiger partial charge in [0.2, 0.25) is 0 Å². The first kappa shape index (κ1) is 7.94. The first-order chi connectivity index (χ1) is 5.24. The summed E-state index contributed by atoms with van der Waals surface area (Å²) in [6.45, 7) is 1.67. The molecule has 1 heterocycles. The van der Waals surface area contributed by atoms with Crippen LogP contribution in [-0.4, -0.2) is 21.6 Å². The molecule has 1 aromatic heterocycles. The highest BCUT2D eigenvalue weighted by molar-refractivity contribution is 6.65. The van der Waals surface area contributed by atoms with Gasteiger partial charge in [-0.15, -0.1) is 0 Å². The van der Waals surface area contributed by atoms with Crippen LogP contribution in [-0.2, 0) is 0 Å². The number of hydrogen-bond donors (Lipinski definition) is 2. The Bertz CT molecular complexity index is 285. The molecule has 0 spiro atoms. The van der Waals surface area contributed by atoms with Gasteiger partial charge in [0.15, 0.2) is 0 Å². The standard InChI is InChI=1S/C6H7ClN4/c1-4(7)10-6-3-9-11-5(6)2-8/h2-3,8H,1H3,(H,9,11). The number of aliphatic imine (C=N–C) groups is 1. The highest BCUT2D eigenvalue weighted by Crippen LogP contribution is 2.13. The topological polar surface area (TPSA) is 64.9 Å². The van der Waals surface area contributed by atoms with E-state index in [9.17, 15) is 0 Å². The van der Waals surface area contributed by atoms with Crippen molar-refractivity contribution in [2.75, 3.05) is 0 Å². The molecule has 0 radical (unpaired) electrons. The van der Waals surface area contributed by atoms with Gasteiger partial charge in [-0.25, -0.2) is 4.99 Å². The molecule has 0 aliphatic carbocycles. The van der Waals surface area contributed by atoms with Crippen LogP contribution in [0, 0.1) is 5.41 Å². The van der Waals surface area contributed by atoms with E-state index < -0.39 is 0 Å². The molecule has 1 rings (SSSR count). The van der Waals surface area contributed by atoms with Crippen molar-refractivity contribution in [2.45, 2.75) is 6.92 Å². The second-order valence-electron chi connectivity index (χ2n) is 1.92. The maximum Gasteiger partial charge on any atom is 0.111 e. The quantitative estimate of drug-likeness (QED) is 0.652. The fourth-order valence-electron chi connectivity index (χ4n) is 0.651. The normalized spacial score (nSPS) is 11.6. The van der Waals surface area contributed by atoms with E-state index >= 15 is 0 Å². The van der Waals surface area contributed by atoms with Crippen molar-refractivity contribution in [3.05, 3.63) is 11.9 Å². The molecule has 0 saturated heterocycles. The lowest BCUT2D eigenvalue weighted by Gasteiger charge is -1.87. The van der Waals surface area contributed by atoms with Crippen molar-refractivity contribution >= 4 is 28.7 Å². The van der Waals surface area contributed by atoms with Gasteiger partial charge in [-0.05, 0) is 6.92 Å². The molecule has 0 atom stereocenters. The number of hydrogen-bond acceptors (Lipinski definition) is 3. The molecule has 58 valence electrons. The summed E-state index contributed by atoms with van der Waals surface area (Å²) in [7, 11) is 0. The van der Waals surface area contributed by atoms with Gasteiger partial charge >= 0.3 is 0 Å². The molecule has 2 N–H and O–H groups in total. The Morgan fingerprint density at radius 1 is 1.91 bits per heavy atom. The summed E-state index contributed by atoms with van der Waals surface area (Å²) in [5.74, 6) is 0. The fourth-order valence-corrected chi connectivity index (χ4v) is 0.742. The Balaban J connectivity index is 3.03. The SMILES string of the molecule is CC(Cl)=Nc1cn[nH]c1C=N. The van der Waals surface area contributed by atoms with Gasteiger partial charge in [-0.1, -0.05) is 11.6 Å². The molecule has 4 nitrogen and oxygen atoms in total. The Kier molecular flexibility index (Phi) is 2.38. The van der Waals surface area contributed by atoms with E-state index in [4.69, 9.17) is 17.0 Å². The van der Waals surface area contributed by atoms with E-state index in [0.717, 1.165) is 6.21 Å². The average molecular weight is 171 g/mol. The molecule has 0 saturated carbocycles. The van der Waals surface area contributed by atoms with Crippen LogP contribution in [0.1, 0.15) is 12.6 Å². The zero-order chi connectivity index (χ0) is 8.27. The summed E-state index contributed by atoms with van der Waals surface area (Å²) in [5, 5.41) is 13.7. The summed E-state index contributed by atoms with van der Waals surface area (Å²) in [6.07, 6.45) is 2.66. The minimum atomic E-state index is 0.425. The van der Waals surface area contributed by atoms with Crippen LogP contribution in [0.3, 0.4) is 0 Å². The van der Waals surface area contributed by atoms with E-state index in [1.54, 1.807) is 6.92 Å². The van der Waals surface area contributed by atoms with Crippen molar-refractivity contribution in [3.63, 3.8) is 0 Å². The number of H-pyrrole nitrogens is 1. The second kappa shape index (κ2) is 3.30. The van der Waals surface area contributed by atoms with Crippen LogP contribution in [0.2, 0.25) is 0 Å². The number of aromatic nitrogens is 2. The van der Waals surface area contributed by atoms with Crippen LogP contribution in [0.15, 0.2) is 11.2 Å². The van der Waals surface area contributed by atoms with E-state index in [1.807, 2.05) is 0 Å². The first-order valence-corrected chi connectivity index (χ1v) is 3.36. The lowest BCUT2D eigenvalue weighted by Crippen LogP contribution is -1.80. The molecule has 0 bridgehead atoms. The predicted molar refractivity (Wildman–Crippen MR) is 45.1 cm³/mol. The zero-order valence-electron chi connectivity index (χ0n) is 5.93. The lowest BCUT2D eigenvalue weighted by molar-refractivity contribution is 1.08. The maximum absolute atomic E-state index is 6.94. The molecule has 0 aromatic carbocycles. The van der Waals surface area contributed by atoms with E-state index in [2.05, 4.69) is 15.2 Å². The number of halogens is 1.